The maximum Gasteiger partial charge on any atom is 0.416 e. The molecular formula is C20H27F3N2O2. The van der Waals surface area contributed by atoms with Crippen LogP contribution in [0.25, 0.3) is 0 Å². The number of piperidine rings is 1. The summed E-state index contributed by atoms with van der Waals surface area (Å²) in [5.74, 6) is 0.238. The molecule has 2 aliphatic heterocycles. The second-order valence-electron chi connectivity index (χ2n) is 7.81. The molecule has 0 atom stereocenters. The van der Waals surface area contributed by atoms with Gasteiger partial charge in [-0.2, -0.15) is 13.2 Å². The number of carbonyl (C=O) groups is 1. The Morgan fingerprint density at radius 2 is 1.81 bits per heavy atom. The Morgan fingerprint density at radius 3 is 2.41 bits per heavy atom. The topological polar surface area (TPSA) is 32.8 Å². The van der Waals surface area contributed by atoms with E-state index in [0.29, 0.717) is 19.6 Å². The van der Waals surface area contributed by atoms with Crippen molar-refractivity contribution in [2.45, 2.75) is 38.4 Å². The zero-order valence-electron chi connectivity index (χ0n) is 15.7. The van der Waals surface area contributed by atoms with Gasteiger partial charge in [0.05, 0.1) is 5.56 Å². The number of amides is 1. The molecule has 0 unspecified atom stereocenters. The van der Waals surface area contributed by atoms with Crippen LogP contribution in [0.2, 0.25) is 0 Å². The SMILES string of the molecule is COCCCN1CC2(CCN(Cc3ccc(C(F)(F)F)cc3)CC2)CC1=O. The van der Waals surface area contributed by atoms with Crippen LogP contribution in [0.3, 0.4) is 0 Å². The minimum Gasteiger partial charge on any atom is -0.385 e. The summed E-state index contributed by atoms with van der Waals surface area (Å²) in [6, 6.07) is 5.41. The van der Waals surface area contributed by atoms with E-state index >= 15 is 0 Å². The molecule has 4 nitrogen and oxygen atoms in total. The fourth-order valence-corrected chi connectivity index (χ4v) is 4.16. The van der Waals surface area contributed by atoms with Crippen molar-refractivity contribution < 1.29 is 22.7 Å². The second kappa shape index (κ2) is 8.19. The Kier molecular flexibility index (Phi) is 6.11. The lowest BCUT2D eigenvalue weighted by atomic mass is 9.77. The molecule has 2 aliphatic rings. The summed E-state index contributed by atoms with van der Waals surface area (Å²) in [7, 11) is 1.67. The van der Waals surface area contributed by atoms with Crippen LogP contribution in [-0.4, -0.2) is 55.6 Å². The van der Waals surface area contributed by atoms with E-state index in [-0.39, 0.29) is 11.3 Å². The maximum absolute atomic E-state index is 12.7. The van der Waals surface area contributed by atoms with Gasteiger partial charge in [-0.15, -0.1) is 0 Å². The van der Waals surface area contributed by atoms with Gasteiger partial charge in [-0.05, 0) is 55.5 Å². The van der Waals surface area contributed by atoms with Crippen LogP contribution in [0.15, 0.2) is 24.3 Å². The van der Waals surface area contributed by atoms with E-state index < -0.39 is 11.7 Å². The fourth-order valence-electron chi connectivity index (χ4n) is 4.16. The van der Waals surface area contributed by atoms with Gasteiger partial charge in [-0.1, -0.05) is 12.1 Å². The number of halogens is 3. The number of hydrogen-bond acceptors (Lipinski definition) is 3. The highest BCUT2D eigenvalue weighted by molar-refractivity contribution is 5.79. The van der Waals surface area contributed by atoms with E-state index in [4.69, 9.17) is 4.74 Å². The van der Waals surface area contributed by atoms with Gasteiger partial charge in [-0.25, -0.2) is 0 Å². The van der Waals surface area contributed by atoms with Gasteiger partial charge < -0.3 is 9.64 Å². The van der Waals surface area contributed by atoms with E-state index in [0.717, 1.165) is 63.1 Å². The predicted octanol–water partition coefficient (Wildman–Crippen LogP) is 3.56. The molecule has 2 saturated heterocycles. The van der Waals surface area contributed by atoms with Gasteiger partial charge in [0.15, 0.2) is 0 Å². The summed E-state index contributed by atoms with van der Waals surface area (Å²) in [5.41, 5.74) is 0.352. The molecule has 3 rings (SSSR count). The van der Waals surface area contributed by atoms with Crippen LogP contribution in [0, 0.1) is 5.41 Å². The third-order valence-corrected chi connectivity index (χ3v) is 5.79. The smallest absolute Gasteiger partial charge is 0.385 e. The van der Waals surface area contributed by atoms with E-state index in [1.54, 1.807) is 19.2 Å². The fraction of sp³-hybridized carbons (Fsp3) is 0.650. The first-order valence-electron chi connectivity index (χ1n) is 9.47. The molecular weight excluding hydrogens is 357 g/mol. The minimum atomic E-state index is -4.29. The Morgan fingerprint density at radius 1 is 1.15 bits per heavy atom. The second-order valence-corrected chi connectivity index (χ2v) is 7.81. The van der Waals surface area contributed by atoms with Gasteiger partial charge in [-0.3, -0.25) is 9.69 Å². The number of nitrogens with zero attached hydrogens (tertiary/aromatic N) is 2. The number of hydrogen-bond donors (Lipinski definition) is 0. The average molecular weight is 384 g/mol. The standard InChI is InChI=1S/C20H27F3N2O2/c1-27-12-2-9-25-15-19(13-18(25)26)7-10-24(11-8-19)14-16-3-5-17(6-4-16)20(21,22)23/h3-6H,2,7-15H2,1H3. The van der Waals surface area contributed by atoms with Crippen molar-refractivity contribution in [2.75, 3.05) is 39.9 Å². The monoisotopic (exact) mass is 384 g/mol. The first-order valence-corrected chi connectivity index (χ1v) is 9.47. The Bertz CT molecular complexity index is 638. The van der Waals surface area contributed by atoms with Crippen LogP contribution in [0.5, 0.6) is 0 Å². The van der Waals surface area contributed by atoms with Crippen molar-refractivity contribution in [2.24, 2.45) is 5.41 Å². The Balaban J connectivity index is 1.50. The minimum absolute atomic E-state index is 0.0702. The number of alkyl halides is 3. The Hall–Kier alpha value is -1.60. The Labute approximate surface area is 158 Å². The normalized spacial score (nSPS) is 20.6. The van der Waals surface area contributed by atoms with Crippen molar-refractivity contribution in [1.29, 1.82) is 0 Å². The number of likely N-dealkylation sites (tertiary alicyclic amines) is 2. The molecule has 150 valence electrons. The first kappa shape index (κ1) is 20.1. The van der Waals surface area contributed by atoms with Crippen LogP contribution in [0.1, 0.15) is 36.8 Å². The van der Waals surface area contributed by atoms with Crippen molar-refractivity contribution in [3.05, 3.63) is 35.4 Å². The third kappa shape index (κ3) is 5.02. The van der Waals surface area contributed by atoms with Gasteiger partial charge in [0.25, 0.3) is 0 Å². The molecule has 2 heterocycles. The van der Waals surface area contributed by atoms with Crippen molar-refractivity contribution in [3.63, 3.8) is 0 Å². The summed E-state index contributed by atoms with van der Waals surface area (Å²) in [4.78, 5) is 16.5. The highest BCUT2D eigenvalue weighted by Crippen LogP contribution is 2.41. The first-order chi connectivity index (χ1) is 12.8. The summed E-state index contributed by atoms with van der Waals surface area (Å²) < 4.78 is 43.0. The molecule has 0 saturated carbocycles. The molecule has 2 fully saturated rings. The molecule has 0 aromatic heterocycles. The van der Waals surface area contributed by atoms with E-state index in [1.165, 1.54) is 0 Å². The zero-order valence-corrected chi connectivity index (χ0v) is 15.7. The molecule has 0 N–H and O–H groups in total. The van der Waals surface area contributed by atoms with Crippen LogP contribution < -0.4 is 0 Å². The number of ether oxygens (including phenoxy) is 1. The quantitative estimate of drug-likeness (QED) is 0.703. The van der Waals surface area contributed by atoms with Crippen LogP contribution >= 0.6 is 0 Å². The van der Waals surface area contributed by atoms with E-state index in [9.17, 15) is 18.0 Å². The molecule has 1 spiro atoms. The molecule has 0 radical (unpaired) electrons. The predicted molar refractivity (Wildman–Crippen MR) is 96.1 cm³/mol. The average Bonchev–Trinajstić information content (AvgIpc) is 2.93. The van der Waals surface area contributed by atoms with Gasteiger partial charge >= 0.3 is 6.18 Å². The van der Waals surface area contributed by atoms with Crippen LogP contribution in [-0.2, 0) is 22.3 Å². The largest absolute Gasteiger partial charge is 0.416 e. The number of benzene rings is 1. The van der Waals surface area contributed by atoms with Crippen molar-refractivity contribution in [3.8, 4) is 0 Å². The van der Waals surface area contributed by atoms with Crippen molar-refractivity contribution in [1.82, 2.24) is 9.80 Å². The molecule has 1 aromatic rings. The highest BCUT2D eigenvalue weighted by Gasteiger charge is 2.44. The highest BCUT2D eigenvalue weighted by atomic mass is 19.4. The molecule has 0 bridgehead atoms. The maximum atomic E-state index is 12.7. The number of carbonyl (C=O) groups excluding carboxylic acids is 1. The molecule has 7 heteroatoms. The summed E-state index contributed by atoms with van der Waals surface area (Å²) >= 11 is 0. The summed E-state index contributed by atoms with van der Waals surface area (Å²) in [6.07, 6.45) is -0.896. The molecule has 1 amide bonds. The van der Waals surface area contributed by atoms with Gasteiger partial charge in [0, 0.05) is 39.8 Å². The zero-order chi connectivity index (χ0) is 19.5. The third-order valence-electron chi connectivity index (χ3n) is 5.79. The van der Waals surface area contributed by atoms with Gasteiger partial charge in [0.2, 0.25) is 5.91 Å². The summed E-state index contributed by atoms with van der Waals surface area (Å²) in [5, 5.41) is 0. The molecule has 0 aliphatic carbocycles. The van der Waals surface area contributed by atoms with E-state index in [2.05, 4.69) is 4.90 Å². The number of rotatable bonds is 6. The lowest BCUT2D eigenvalue weighted by Gasteiger charge is -2.39. The molecule has 1 aromatic carbocycles. The lowest BCUT2D eigenvalue weighted by molar-refractivity contribution is -0.137. The van der Waals surface area contributed by atoms with Gasteiger partial charge in [0.1, 0.15) is 0 Å². The molecule has 27 heavy (non-hydrogen) atoms. The number of methoxy groups -OCH3 is 1. The lowest BCUT2D eigenvalue weighted by Crippen LogP contribution is -2.41. The van der Waals surface area contributed by atoms with Crippen LogP contribution in [0.4, 0.5) is 13.2 Å². The summed E-state index contributed by atoms with van der Waals surface area (Å²) in [6.45, 7) is 4.64. The van der Waals surface area contributed by atoms with E-state index in [1.807, 2.05) is 4.90 Å². The van der Waals surface area contributed by atoms with Crippen molar-refractivity contribution >= 4 is 5.91 Å².